The van der Waals surface area contributed by atoms with Gasteiger partial charge in [0.1, 0.15) is 0 Å². The van der Waals surface area contributed by atoms with E-state index in [0.29, 0.717) is 17.6 Å². The van der Waals surface area contributed by atoms with Crippen molar-refractivity contribution in [1.82, 2.24) is 15.3 Å². The minimum Gasteiger partial charge on any atom is -0.293 e. The maximum Gasteiger partial charge on any atom is 0.294 e. The van der Waals surface area contributed by atoms with Crippen molar-refractivity contribution < 1.29 is 4.79 Å². The molecule has 5 nitrogen and oxygen atoms in total. The van der Waals surface area contributed by atoms with Gasteiger partial charge in [-0.05, 0) is 25.4 Å². The lowest BCUT2D eigenvalue weighted by molar-refractivity contribution is 0.0953. The molecule has 0 aromatic carbocycles. The van der Waals surface area contributed by atoms with E-state index in [1.54, 1.807) is 11.3 Å². The second kappa shape index (κ2) is 6.25. The van der Waals surface area contributed by atoms with E-state index in [1.165, 1.54) is 16.2 Å². The van der Waals surface area contributed by atoms with Crippen molar-refractivity contribution in [3.63, 3.8) is 0 Å². The molecule has 0 radical (unpaired) electrons. The van der Waals surface area contributed by atoms with Gasteiger partial charge >= 0.3 is 0 Å². The third-order valence-electron chi connectivity index (χ3n) is 2.90. The molecule has 0 fully saturated rings. The minimum absolute atomic E-state index is 0.327. The van der Waals surface area contributed by atoms with Gasteiger partial charge in [0.2, 0.25) is 0 Å². The molecule has 1 atom stereocenters. The second-order valence-corrected chi connectivity index (χ2v) is 6.06. The maximum atomic E-state index is 11.3. The molecule has 102 valence electrons. The van der Waals surface area contributed by atoms with E-state index in [1.807, 2.05) is 12.4 Å². The Kier molecular flexibility index (Phi) is 4.65. The summed E-state index contributed by atoms with van der Waals surface area (Å²) in [6.45, 7) is 2.86. The Morgan fingerprint density at radius 1 is 1.58 bits per heavy atom. The Morgan fingerprint density at radius 3 is 3.00 bits per heavy atom. The first-order valence-electron chi connectivity index (χ1n) is 5.80. The number of hydrogen-bond donors (Lipinski definition) is 2. The molecule has 0 aliphatic rings. The zero-order chi connectivity index (χ0) is 13.8. The molecule has 1 unspecified atom stereocenters. The Hall–Kier alpha value is -1.28. The smallest absolute Gasteiger partial charge is 0.293 e. The number of aromatic nitrogens is 1. The van der Waals surface area contributed by atoms with Crippen LogP contribution in [0.15, 0.2) is 22.9 Å². The number of nitrogens with one attached hydrogen (secondary N) is 1. The number of carbonyl (C=O) groups excluding carboxylic acids is 1. The van der Waals surface area contributed by atoms with Crippen LogP contribution in [0.5, 0.6) is 0 Å². The van der Waals surface area contributed by atoms with Gasteiger partial charge in [0.25, 0.3) is 5.91 Å². The number of nitrogens with two attached hydrogens (primary N) is 1. The number of carbonyl (C=O) groups is 1. The van der Waals surface area contributed by atoms with Crippen molar-refractivity contribution in [3.8, 4) is 0 Å². The first-order valence-corrected chi connectivity index (χ1v) is 7.56. The van der Waals surface area contributed by atoms with Gasteiger partial charge in [-0.15, -0.1) is 22.7 Å². The van der Waals surface area contributed by atoms with E-state index < -0.39 is 0 Å². The van der Waals surface area contributed by atoms with Crippen LogP contribution >= 0.6 is 22.7 Å². The molecule has 3 N–H and O–H groups in total. The summed E-state index contributed by atoms with van der Waals surface area (Å²) in [6.07, 6.45) is 0. The van der Waals surface area contributed by atoms with E-state index in [9.17, 15) is 4.79 Å². The van der Waals surface area contributed by atoms with Gasteiger partial charge in [-0.1, -0.05) is 6.07 Å². The van der Waals surface area contributed by atoms with Gasteiger partial charge in [-0.25, -0.2) is 10.8 Å². The number of thiazole rings is 1. The van der Waals surface area contributed by atoms with Gasteiger partial charge in [0.15, 0.2) is 5.01 Å². The van der Waals surface area contributed by atoms with Crippen molar-refractivity contribution in [3.05, 3.63) is 38.5 Å². The summed E-state index contributed by atoms with van der Waals surface area (Å²) in [6, 6.07) is 4.50. The molecule has 0 aliphatic heterocycles. The van der Waals surface area contributed by atoms with Crippen LogP contribution in [0.25, 0.3) is 0 Å². The van der Waals surface area contributed by atoms with Gasteiger partial charge in [-0.3, -0.25) is 15.1 Å². The summed E-state index contributed by atoms with van der Waals surface area (Å²) in [4.78, 5) is 19.1. The lowest BCUT2D eigenvalue weighted by atomic mass is 10.2. The number of hydrogen-bond acceptors (Lipinski definition) is 6. The highest BCUT2D eigenvalue weighted by atomic mass is 32.1. The summed E-state index contributed by atoms with van der Waals surface area (Å²) in [7, 11) is 2.05. The molecule has 0 saturated carbocycles. The Bertz CT molecular complexity index is 538. The minimum atomic E-state index is -0.342. The van der Waals surface area contributed by atoms with Crippen LogP contribution in [-0.2, 0) is 6.54 Å². The molecule has 19 heavy (non-hydrogen) atoms. The summed E-state index contributed by atoms with van der Waals surface area (Å²) in [5.41, 5.74) is 2.97. The van der Waals surface area contributed by atoms with Gasteiger partial charge in [0.05, 0.1) is 5.69 Å². The highest BCUT2D eigenvalue weighted by Gasteiger charge is 2.15. The van der Waals surface area contributed by atoms with Crippen LogP contribution < -0.4 is 11.3 Å². The molecule has 0 spiro atoms. The molecule has 0 aliphatic carbocycles. The van der Waals surface area contributed by atoms with Crippen LogP contribution in [-0.4, -0.2) is 22.8 Å². The predicted octanol–water partition coefficient (Wildman–Crippen LogP) is 2.00. The Labute approximate surface area is 120 Å². The number of thiophene rings is 1. The van der Waals surface area contributed by atoms with Crippen molar-refractivity contribution in [2.75, 3.05) is 7.05 Å². The Balaban J connectivity index is 2.01. The van der Waals surface area contributed by atoms with Gasteiger partial charge < -0.3 is 0 Å². The number of rotatable bonds is 5. The first kappa shape index (κ1) is 14.1. The van der Waals surface area contributed by atoms with Crippen molar-refractivity contribution in [2.24, 2.45) is 5.84 Å². The van der Waals surface area contributed by atoms with Gasteiger partial charge in [0, 0.05) is 22.8 Å². The fourth-order valence-corrected chi connectivity index (χ4v) is 3.24. The lowest BCUT2D eigenvalue weighted by Gasteiger charge is -2.22. The van der Waals surface area contributed by atoms with E-state index in [2.05, 4.69) is 39.7 Å². The van der Waals surface area contributed by atoms with Crippen molar-refractivity contribution in [2.45, 2.75) is 19.5 Å². The van der Waals surface area contributed by atoms with Crippen LogP contribution in [0, 0.1) is 0 Å². The van der Waals surface area contributed by atoms with Gasteiger partial charge in [-0.2, -0.15) is 0 Å². The molecule has 7 heteroatoms. The van der Waals surface area contributed by atoms with Crippen LogP contribution in [0.2, 0.25) is 0 Å². The lowest BCUT2D eigenvalue weighted by Crippen LogP contribution is -2.30. The molecular formula is C12H16N4OS2. The average Bonchev–Trinajstić information content (AvgIpc) is 3.07. The summed E-state index contributed by atoms with van der Waals surface area (Å²) < 4.78 is 0. The van der Waals surface area contributed by atoms with Crippen LogP contribution in [0.1, 0.15) is 33.3 Å². The van der Waals surface area contributed by atoms with E-state index in [4.69, 9.17) is 5.84 Å². The molecule has 0 saturated heterocycles. The molecule has 2 aromatic heterocycles. The summed E-state index contributed by atoms with van der Waals surface area (Å²) in [5.74, 6) is 4.74. The fraction of sp³-hybridized carbons (Fsp3) is 0.333. The molecule has 1 amide bonds. The first-order chi connectivity index (χ1) is 9.11. The number of hydrazine groups is 1. The zero-order valence-corrected chi connectivity index (χ0v) is 12.4. The highest BCUT2D eigenvalue weighted by Crippen LogP contribution is 2.24. The fourth-order valence-electron chi connectivity index (χ4n) is 1.68. The largest absolute Gasteiger partial charge is 0.294 e. The molecular weight excluding hydrogens is 280 g/mol. The Morgan fingerprint density at radius 2 is 2.37 bits per heavy atom. The monoisotopic (exact) mass is 296 g/mol. The van der Waals surface area contributed by atoms with Crippen LogP contribution in [0.3, 0.4) is 0 Å². The third kappa shape index (κ3) is 3.38. The van der Waals surface area contributed by atoms with E-state index >= 15 is 0 Å². The van der Waals surface area contributed by atoms with E-state index in [-0.39, 0.29) is 5.91 Å². The maximum absolute atomic E-state index is 11.3. The molecule has 2 aromatic rings. The summed E-state index contributed by atoms with van der Waals surface area (Å²) >= 11 is 3.05. The molecule has 2 rings (SSSR count). The van der Waals surface area contributed by atoms with Crippen molar-refractivity contribution in [1.29, 1.82) is 0 Å². The topological polar surface area (TPSA) is 71.2 Å². The summed E-state index contributed by atoms with van der Waals surface area (Å²) in [5, 5.41) is 4.36. The molecule has 2 heterocycles. The van der Waals surface area contributed by atoms with Crippen molar-refractivity contribution >= 4 is 28.6 Å². The second-order valence-electron chi connectivity index (χ2n) is 4.22. The zero-order valence-electron chi connectivity index (χ0n) is 10.8. The molecule has 0 bridgehead atoms. The van der Waals surface area contributed by atoms with E-state index in [0.717, 1.165) is 5.69 Å². The SMILES string of the molecule is CC(c1cccs1)N(C)Cc1csc(C(=O)NN)n1. The number of nitrogens with zero attached hydrogens (tertiary/aromatic N) is 2. The highest BCUT2D eigenvalue weighted by molar-refractivity contribution is 7.11. The standard InChI is InChI=1S/C12H16N4OS2/c1-8(10-4-3-5-18-10)16(2)6-9-7-19-12(14-9)11(17)15-13/h3-5,7-8H,6,13H2,1-2H3,(H,15,17). The van der Waals surface area contributed by atoms with Crippen LogP contribution in [0.4, 0.5) is 0 Å². The number of nitrogen functional groups attached to an aromatic ring is 1. The normalized spacial score (nSPS) is 12.6. The average molecular weight is 296 g/mol. The third-order valence-corrected chi connectivity index (χ3v) is 4.84. The predicted molar refractivity (Wildman–Crippen MR) is 78.0 cm³/mol. The number of amides is 1. The quantitative estimate of drug-likeness (QED) is 0.503.